The molecular formula is C32H30F5NO7S2. The Balaban J connectivity index is 1.38. The number of carbonyl (C=O) groups is 1. The molecule has 2 atom stereocenters. The molecule has 47 heavy (non-hydrogen) atoms. The van der Waals surface area contributed by atoms with Crippen LogP contribution >= 0.6 is 0 Å². The topological polar surface area (TPSA) is 118 Å². The second-order valence-electron chi connectivity index (χ2n) is 12.2. The van der Waals surface area contributed by atoms with E-state index in [0.29, 0.717) is 11.1 Å². The third-order valence-electron chi connectivity index (χ3n) is 9.58. The molecule has 3 aromatic rings. The van der Waals surface area contributed by atoms with Gasteiger partial charge in [0.1, 0.15) is 34.3 Å². The number of hydrogen-bond donors (Lipinski definition) is 1. The maximum absolute atomic E-state index is 14.6. The van der Waals surface area contributed by atoms with Gasteiger partial charge in [0, 0.05) is 12.1 Å². The highest BCUT2D eigenvalue weighted by Crippen LogP contribution is 2.54. The zero-order chi connectivity index (χ0) is 34.0. The Morgan fingerprint density at radius 3 is 2.34 bits per heavy atom. The van der Waals surface area contributed by atoms with Crippen molar-refractivity contribution in [1.82, 2.24) is 4.90 Å². The number of rotatable bonds is 6. The largest absolute Gasteiger partial charge is 0.489 e. The molecule has 252 valence electrons. The summed E-state index contributed by atoms with van der Waals surface area (Å²) in [5.74, 6) is -3.24. The summed E-state index contributed by atoms with van der Waals surface area (Å²) in [4.78, 5) is 15.0. The number of sulfone groups is 2. The van der Waals surface area contributed by atoms with Crippen LogP contribution in [0.1, 0.15) is 47.9 Å². The molecular weight excluding hydrogens is 669 g/mol. The summed E-state index contributed by atoms with van der Waals surface area (Å²) in [6, 6.07) is 10.1. The van der Waals surface area contributed by atoms with Crippen LogP contribution in [0.2, 0.25) is 0 Å². The first-order valence-corrected chi connectivity index (χ1v) is 18.1. The maximum Gasteiger partial charge on any atom is 0.416 e. The van der Waals surface area contributed by atoms with Crippen molar-refractivity contribution in [3.8, 4) is 5.75 Å². The summed E-state index contributed by atoms with van der Waals surface area (Å²) in [7, 11) is -7.81. The van der Waals surface area contributed by atoms with Gasteiger partial charge < -0.3 is 14.7 Å². The molecule has 1 amide bonds. The molecule has 1 aliphatic carbocycles. The van der Waals surface area contributed by atoms with Gasteiger partial charge in [-0.1, -0.05) is 12.1 Å². The van der Waals surface area contributed by atoms with Gasteiger partial charge in [0.2, 0.25) is 0 Å². The SMILES string of the molecule is O=C(N1CC[C@@]2(S(=O)(=O)c3ccc(F)cc3)c3ccc(OCc4c(F)cccc4C(F)(F)F)cc3CC[C@@H]12)C1(O)CCS(=O)(=O)CC1. The number of benzene rings is 3. The van der Waals surface area contributed by atoms with E-state index in [9.17, 15) is 48.7 Å². The van der Waals surface area contributed by atoms with Crippen LogP contribution in [0.15, 0.2) is 65.6 Å². The number of carbonyl (C=O) groups excluding carboxylic acids is 1. The summed E-state index contributed by atoms with van der Waals surface area (Å²) in [6.45, 7) is -0.831. The van der Waals surface area contributed by atoms with Gasteiger partial charge in [-0.3, -0.25) is 4.79 Å². The summed E-state index contributed by atoms with van der Waals surface area (Å²) in [5.41, 5.74) is -3.09. The van der Waals surface area contributed by atoms with Gasteiger partial charge >= 0.3 is 6.18 Å². The Kier molecular flexibility index (Phi) is 8.19. The molecule has 6 rings (SSSR count). The fourth-order valence-corrected chi connectivity index (χ4v) is 11.0. The van der Waals surface area contributed by atoms with E-state index < -0.39 is 89.0 Å². The first-order chi connectivity index (χ1) is 22.0. The number of aryl methyl sites for hydroxylation is 1. The molecule has 2 saturated heterocycles. The molecule has 2 fully saturated rings. The fourth-order valence-electron chi connectivity index (χ4n) is 7.14. The Hall–Kier alpha value is -3.56. The average Bonchev–Trinajstić information content (AvgIpc) is 3.43. The molecule has 8 nitrogen and oxygen atoms in total. The Morgan fingerprint density at radius 2 is 1.68 bits per heavy atom. The van der Waals surface area contributed by atoms with Crippen molar-refractivity contribution in [2.24, 2.45) is 0 Å². The van der Waals surface area contributed by atoms with E-state index in [-0.39, 0.29) is 49.3 Å². The molecule has 0 spiro atoms. The second-order valence-corrected chi connectivity index (χ2v) is 16.7. The molecule has 3 aliphatic rings. The first kappa shape index (κ1) is 33.3. The lowest BCUT2D eigenvalue weighted by Gasteiger charge is -2.44. The van der Waals surface area contributed by atoms with Gasteiger partial charge in [-0.15, -0.1) is 0 Å². The van der Waals surface area contributed by atoms with Crippen LogP contribution in [-0.2, 0) is 48.4 Å². The number of likely N-dealkylation sites (tertiary alicyclic amines) is 1. The van der Waals surface area contributed by atoms with E-state index in [1.165, 1.54) is 23.1 Å². The monoisotopic (exact) mass is 699 g/mol. The molecule has 0 aromatic heterocycles. The smallest absolute Gasteiger partial charge is 0.416 e. The summed E-state index contributed by atoms with van der Waals surface area (Å²) < 4.78 is 126. The molecule has 2 aliphatic heterocycles. The second kappa shape index (κ2) is 11.5. The minimum atomic E-state index is -4.82. The first-order valence-electron chi connectivity index (χ1n) is 14.8. The quantitative estimate of drug-likeness (QED) is 0.293. The predicted molar refractivity (Wildman–Crippen MR) is 159 cm³/mol. The van der Waals surface area contributed by atoms with Gasteiger partial charge in [0.25, 0.3) is 5.91 Å². The van der Waals surface area contributed by atoms with Crippen molar-refractivity contribution < 1.29 is 53.4 Å². The number of nitrogens with zero attached hydrogens (tertiary/aromatic N) is 1. The minimum absolute atomic E-state index is 0.0663. The van der Waals surface area contributed by atoms with Crippen molar-refractivity contribution in [2.45, 2.75) is 66.2 Å². The Bertz CT molecular complexity index is 1930. The van der Waals surface area contributed by atoms with E-state index in [2.05, 4.69) is 0 Å². The van der Waals surface area contributed by atoms with Gasteiger partial charge in [0.15, 0.2) is 19.7 Å². The van der Waals surface area contributed by atoms with E-state index in [4.69, 9.17) is 4.74 Å². The summed E-state index contributed by atoms with van der Waals surface area (Å²) in [5, 5.41) is 11.3. The lowest BCUT2D eigenvalue weighted by Crippen LogP contribution is -2.58. The van der Waals surface area contributed by atoms with E-state index in [1.807, 2.05) is 0 Å². The van der Waals surface area contributed by atoms with Crippen molar-refractivity contribution in [3.63, 3.8) is 0 Å². The summed E-state index contributed by atoms with van der Waals surface area (Å²) in [6.07, 6.45) is -5.27. The standard InChI is InChI=1S/C32H30F5NO7S2/c33-21-5-8-23(9-6-21)47(43,44)31-12-15-38(29(39)30(40)13-16-46(41,42)17-14-30)28(31)11-4-20-18-22(7-10-25(20)31)45-19-24-26(32(35,36)37)2-1-3-27(24)34/h1-3,5-10,18,28,40H,4,11-17,19H2/t28-,31-/m1/s1. The molecule has 0 unspecified atom stereocenters. The van der Waals surface area contributed by atoms with E-state index in [0.717, 1.165) is 42.5 Å². The van der Waals surface area contributed by atoms with Gasteiger partial charge in [0.05, 0.1) is 28.0 Å². The normalized spacial score (nSPS) is 23.5. The lowest BCUT2D eigenvalue weighted by atomic mass is 9.78. The van der Waals surface area contributed by atoms with Crippen LogP contribution in [-0.4, -0.2) is 62.4 Å². The number of aliphatic hydroxyl groups is 1. The van der Waals surface area contributed by atoms with Crippen LogP contribution in [0.25, 0.3) is 0 Å². The highest BCUT2D eigenvalue weighted by molar-refractivity contribution is 7.92. The highest BCUT2D eigenvalue weighted by Gasteiger charge is 2.62. The van der Waals surface area contributed by atoms with Gasteiger partial charge in [-0.25, -0.2) is 25.6 Å². The predicted octanol–water partition coefficient (Wildman–Crippen LogP) is 4.72. The molecule has 3 aromatic carbocycles. The number of halogens is 5. The Morgan fingerprint density at radius 1 is 1.00 bits per heavy atom. The number of fused-ring (bicyclic) bond motifs is 3. The number of amides is 1. The minimum Gasteiger partial charge on any atom is -0.489 e. The fraction of sp³-hybridized carbons (Fsp3) is 0.406. The van der Waals surface area contributed by atoms with Crippen molar-refractivity contribution >= 4 is 25.6 Å². The molecule has 0 saturated carbocycles. The zero-order valence-electron chi connectivity index (χ0n) is 24.8. The third-order valence-corrected chi connectivity index (χ3v) is 13.8. The number of ether oxygens (including phenoxy) is 1. The van der Waals surface area contributed by atoms with Crippen molar-refractivity contribution in [1.29, 1.82) is 0 Å². The van der Waals surface area contributed by atoms with Crippen molar-refractivity contribution in [3.05, 3.63) is 94.6 Å². The highest BCUT2D eigenvalue weighted by atomic mass is 32.2. The van der Waals surface area contributed by atoms with Crippen LogP contribution in [0.3, 0.4) is 0 Å². The zero-order valence-corrected chi connectivity index (χ0v) is 26.4. The molecule has 0 bridgehead atoms. The lowest BCUT2D eigenvalue weighted by molar-refractivity contribution is -0.153. The van der Waals surface area contributed by atoms with Crippen LogP contribution in [0.5, 0.6) is 5.75 Å². The summed E-state index contributed by atoms with van der Waals surface area (Å²) >= 11 is 0. The Labute approximate surface area is 268 Å². The molecule has 1 N–H and O–H groups in total. The van der Waals surface area contributed by atoms with Crippen molar-refractivity contribution in [2.75, 3.05) is 18.1 Å². The number of alkyl halides is 3. The van der Waals surface area contributed by atoms with Gasteiger partial charge in [-0.2, -0.15) is 13.2 Å². The van der Waals surface area contributed by atoms with Crippen LogP contribution in [0, 0.1) is 11.6 Å². The average molecular weight is 700 g/mol. The third kappa shape index (κ3) is 5.69. The van der Waals surface area contributed by atoms with E-state index >= 15 is 0 Å². The van der Waals surface area contributed by atoms with Crippen LogP contribution < -0.4 is 4.74 Å². The molecule has 0 radical (unpaired) electrons. The molecule has 15 heteroatoms. The van der Waals surface area contributed by atoms with Gasteiger partial charge in [-0.05, 0) is 91.8 Å². The maximum atomic E-state index is 14.6. The molecule has 2 heterocycles. The van der Waals surface area contributed by atoms with E-state index in [1.54, 1.807) is 0 Å². The number of hydrogen-bond acceptors (Lipinski definition) is 7. The van der Waals surface area contributed by atoms with Crippen LogP contribution in [0.4, 0.5) is 22.0 Å².